The normalized spacial score (nSPS) is 10.6. The van der Waals surface area contributed by atoms with Gasteiger partial charge in [-0.1, -0.05) is 5.21 Å². The standard InChI is InChI=1S/C13H16FN3O/c1-3-18-13-7-5-11(14)8-10(13)4-6-12-9-17(2)16-15-12/h5,7-9H,3-4,6H2,1-2H3. The Hall–Kier alpha value is -1.91. The van der Waals surface area contributed by atoms with E-state index in [4.69, 9.17) is 4.74 Å². The fourth-order valence-electron chi connectivity index (χ4n) is 1.81. The highest BCUT2D eigenvalue weighted by Gasteiger charge is 2.07. The molecule has 0 N–H and O–H groups in total. The summed E-state index contributed by atoms with van der Waals surface area (Å²) in [6.45, 7) is 2.49. The van der Waals surface area contributed by atoms with Crippen LogP contribution in [0.15, 0.2) is 24.4 Å². The maximum absolute atomic E-state index is 13.2. The van der Waals surface area contributed by atoms with Gasteiger partial charge in [-0.25, -0.2) is 4.39 Å². The third kappa shape index (κ3) is 3.06. The number of hydrogen-bond acceptors (Lipinski definition) is 3. The molecule has 4 nitrogen and oxygen atoms in total. The van der Waals surface area contributed by atoms with Gasteiger partial charge in [0, 0.05) is 13.2 Å². The van der Waals surface area contributed by atoms with Gasteiger partial charge in [-0.15, -0.1) is 5.10 Å². The fourth-order valence-corrected chi connectivity index (χ4v) is 1.81. The van der Waals surface area contributed by atoms with Crippen LogP contribution in [0.25, 0.3) is 0 Å². The molecular formula is C13H16FN3O. The number of ether oxygens (including phenoxy) is 1. The van der Waals surface area contributed by atoms with Gasteiger partial charge in [0.2, 0.25) is 0 Å². The van der Waals surface area contributed by atoms with Crippen LogP contribution in [-0.4, -0.2) is 21.6 Å². The maximum Gasteiger partial charge on any atom is 0.123 e. The summed E-state index contributed by atoms with van der Waals surface area (Å²) in [4.78, 5) is 0. The van der Waals surface area contributed by atoms with E-state index in [2.05, 4.69) is 10.3 Å². The first-order valence-corrected chi connectivity index (χ1v) is 5.95. The van der Waals surface area contributed by atoms with E-state index in [1.54, 1.807) is 10.7 Å². The van der Waals surface area contributed by atoms with Crippen molar-refractivity contribution in [2.45, 2.75) is 19.8 Å². The van der Waals surface area contributed by atoms with Crippen molar-refractivity contribution in [3.05, 3.63) is 41.5 Å². The van der Waals surface area contributed by atoms with Crippen LogP contribution in [-0.2, 0) is 19.9 Å². The molecule has 1 heterocycles. The molecule has 0 atom stereocenters. The van der Waals surface area contributed by atoms with Gasteiger partial charge in [-0.05, 0) is 43.5 Å². The van der Waals surface area contributed by atoms with Crippen LogP contribution in [0.4, 0.5) is 4.39 Å². The van der Waals surface area contributed by atoms with E-state index >= 15 is 0 Å². The van der Waals surface area contributed by atoms with Crippen LogP contribution in [0.3, 0.4) is 0 Å². The third-order valence-corrected chi connectivity index (χ3v) is 2.62. The van der Waals surface area contributed by atoms with Crippen LogP contribution < -0.4 is 4.74 Å². The van der Waals surface area contributed by atoms with E-state index in [1.165, 1.54) is 12.1 Å². The van der Waals surface area contributed by atoms with E-state index in [0.29, 0.717) is 13.0 Å². The zero-order valence-electron chi connectivity index (χ0n) is 10.6. The number of halogens is 1. The lowest BCUT2D eigenvalue weighted by Gasteiger charge is -2.09. The van der Waals surface area contributed by atoms with Gasteiger partial charge >= 0.3 is 0 Å². The molecule has 1 aromatic heterocycles. The Morgan fingerprint density at radius 1 is 1.33 bits per heavy atom. The molecule has 2 rings (SSSR count). The van der Waals surface area contributed by atoms with E-state index in [-0.39, 0.29) is 5.82 Å². The van der Waals surface area contributed by atoms with E-state index in [9.17, 15) is 4.39 Å². The van der Waals surface area contributed by atoms with Gasteiger partial charge in [0.25, 0.3) is 0 Å². The third-order valence-electron chi connectivity index (χ3n) is 2.62. The highest BCUT2D eigenvalue weighted by molar-refractivity contribution is 5.34. The summed E-state index contributed by atoms with van der Waals surface area (Å²) in [5.41, 5.74) is 1.76. The van der Waals surface area contributed by atoms with Crippen molar-refractivity contribution in [2.24, 2.45) is 7.05 Å². The quantitative estimate of drug-likeness (QED) is 0.815. The highest BCUT2D eigenvalue weighted by Crippen LogP contribution is 2.21. The molecule has 0 fully saturated rings. The molecule has 0 spiro atoms. The molecular weight excluding hydrogens is 233 g/mol. The van der Waals surface area contributed by atoms with Crippen molar-refractivity contribution in [2.75, 3.05) is 6.61 Å². The topological polar surface area (TPSA) is 39.9 Å². The molecule has 96 valence electrons. The summed E-state index contributed by atoms with van der Waals surface area (Å²) in [7, 11) is 1.82. The first-order chi connectivity index (χ1) is 8.69. The van der Waals surface area contributed by atoms with Gasteiger partial charge in [-0.3, -0.25) is 4.68 Å². The number of nitrogens with zero attached hydrogens (tertiary/aromatic N) is 3. The second-order valence-electron chi connectivity index (χ2n) is 4.07. The minimum Gasteiger partial charge on any atom is -0.494 e. The Morgan fingerprint density at radius 3 is 2.83 bits per heavy atom. The molecule has 5 heteroatoms. The molecule has 0 aliphatic rings. The Kier molecular flexibility index (Phi) is 3.92. The SMILES string of the molecule is CCOc1ccc(F)cc1CCc1cn(C)nn1. The molecule has 0 unspecified atom stereocenters. The molecule has 0 bridgehead atoms. The van der Waals surface area contributed by atoms with Crippen molar-refractivity contribution in [1.29, 1.82) is 0 Å². The van der Waals surface area contributed by atoms with Gasteiger partial charge < -0.3 is 4.74 Å². The minimum absolute atomic E-state index is 0.243. The molecule has 0 aliphatic carbocycles. The summed E-state index contributed by atoms with van der Waals surface area (Å²) in [5, 5.41) is 7.87. The predicted molar refractivity (Wildman–Crippen MR) is 66.0 cm³/mol. The van der Waals surface area contributed by atoms with Crippen molar-refractivity contribution in [1.82, 2.24) is 15.0 Å². The second-order valence-corrected chi connectivity index (χ2v) is 4.07. The first kappa shape index (κ1) is 12.5. The highest BCUT2D eigenvalue weighted by atomic mass is 19.1. The summed E-state index contributed by atoms with van der Waals surface area (Å²) in [5.74, 6) is 0.496. The van der Waals surface area contributed by atoms with Gasteiger partial charge in [0.05, 0.1) is 12.3 Å². The minimum atomic E-state index is -0.243. The number of aryl methyl sites for hydroxylation is 3. The Labute approximate surface area is 105 Å². The molecule has 0 aliphatic heterocycles. The molecule has 1 aromatic carbocycles. The van der Waals surface area contributed by atoms with Crippen molar-refractivity contribution in [3.8, 4) is 5.75 Å². The molecule has 0 radical (unpaired) electrons. The zero-order chi connectivity index (χ0) is 13.0. The van der Waals surface area contributed by atoms with Gasteiger partial charge in [-0.2, -0.15) is 0 Å². The molecule has 0 amide bonds. The van der Waals surface area contributed by atoms with Crippen molar-refractivity contribution < 1.29 is 9.13 Å². The monoisotopic (exact) mass is 249 g/mol. The lowest BCUT2D eigenvalue weighted by atomic mass is 10.1. The van der Waals surface area contributed by atoms with Crippen LogP contribution in [0.2, 0.25) is 0 Å². The van der Waals surface area contributed by atoms with Gasteiger partial charge in [0.1, 0.15) is 11.6 Å². The average Bonchev–Trinajstić information content (AvgIpc) is 2.76. The lowest BCUT2D eigenvalue weighted by molar-refractivity contribution is 0.335. The van der Waals surface area contributed by atoms with Crippen molar-refractivity contribution >= 4 is 0 Å². The Balaban J connectivity index is 2.09. The number of hydrogen-bond donors (Lipinski definition) is 0. The Bertz CT molecular complexity index is 525. The Morgan fingerprint density at radius 2 is 2.17 bits per heavy atom. The fraction of sp³-hybridized carbons (Fsp3) is 0.385. The van der Waals surface area contributed by atoms with Gasteiger partial charge in [0.15, 0.2) is 0 Å². The van der Waals surface area contributed by atoms with E-state index in [1.807, 2.05) is 20.2 Å². The number of aromatic nitrogens is 3. The second kappa shape index (κ2) is 5.62. The summed E-state index contributed by atoms with van der Waals surface area (Å²) in [6, 6.07) is 4.60. The summed E-state index contributed by atoms with van der Waals surface area (Å²) < 4.78 is 20.4. The van der Waals surface area contributed by atoms with Crippen LogP contribution in [0.1, 0.15) is 18.2 Å². The van der Waals surface area contributed by atoms with E-state index in [0.717, 1.165) is 23.4 Å². The van der Waals surface area contributed by atoms with Crippen LogP contribution in [0.5, 0.6) is 5.75 Å². The van der Waals surface area contributed by atoms with E-state index < -0.39 is 0 Å². The predicted octanol–water partition coefficient (Wildman–Crippen LogP) is 2.14. The smallest absolute Gasteiger partial charge is 0.123 e. The molecule has 2 aromatic rings. The molecule has 18 heavy (non-hydrogen) atoms. The lowest BCUT2D eigenvalue weighted by Crippen LogP contribution is -1.99. The van der Waals surface area contributed by atoms with Crippen molar-refractivity contribution in [3.63, 3.8) is 0 Å². The average molecular weight is 249 g/mol. The van der Waals surface area contributed by atoms with Crippen LogP contribution >= 0.6 is 0 Å². The maximum atomic E-state index is 13.2. The molecule has 0 saturated carbocycles. The number of benzene rings is 1. The largest absolute Gasteiger partial charge is 0.494 e. The summed E-state index contributed by atoms with van der Waals surface area (Å²) >= 11 is 0. The first-order valence-electron chi connectivity index (χ1n) is 5.95. The molecule has 0 saturated heterocycles. The van der Waals surface area contributed by atoms with Crippen LogP contribution in [0, 0.1) is 5.82 Å². The summed E-state index contributed by atoms with van der Waals surface area (Å²) in [6.07, 6.45) is 3.27. The number of rotatable bonds is 5. The zero-order valence-corrected chi connectivity index (χ0v) is 10.6.